The summed E-state index contributed by atoms with van der Waals surface area (Å²) in [6, 6.07) is 15.7. The fourth-order valence-corrected chi connectivity index (χ4v) is 2.92. The number of β-amino-alcohol motifs (C(OH)–C–C–N with tert-alkyl or cyclic N) is 1. The van der Waals surface area contributed by atoms with E-state index in [9.17, 15) is 5.11 Å². The van der Waals surface area contributed by atoms with E-state index in [1.165, 1.54) is 0 Å². The first-order valence-electron chi connectivity index (χ1n) is 8.47. The van der Waals surface area contributed by atoms with Crippen molar-refractivity contribution in [2.75, 3.05) is 44.2 Å². The van der Waals surface area contributed by atoms with Crippen LogP contribution in [0.4, 0.5) is 5.82 Å². The fourth-order valence-electron chi connectivity index (χ4n) is 2.92. The van der Waals surface area contributed by atoms with Crippen molar-refractivity contribution < 1.29 is 9.84 Å². The summed E-state index contributed by atoms with van der Waals surface area (Å²) in [5.41, 5.74) is 1.04. The summed E-state index contributed by atoms with van der Waals surface area (Å²) in [6.07, 6.45) is -0.478. The monoisotopic (exact) mass is 327 g/mol. The first kappa shape index (κ1) is 16.7. The molecule has 2 aromatic rings. The minimum Gasteiger partial charge on any atom is -0.491 e. The Balaban J connectivity index is 1.42. The van der Waals surface area contributed by atoms with Crippen LogP contribution in [0.2, 0.25) is 0 Å². The number of benzene rings is 1. The molecular formula is C19H25N3O2. The van der Waals surface area contributed by atoms with Gasteiger partial charge in [-0.3, -0.25) is 4.90 Å². The minimum absolute atomic E-state index is 0.323. The number of rotatable bonds is 6. The van der Waals surface area contributed by atoms with Crippen molar-refractivity contribution in [3.63, 3.8) is 0 Å². The van der Waals surface area contributed by atoms with Gasteiger partial charge in [0.25, 0.3) is 0 Å². The lowest BCUT2D eigenvalue weighted by Crippen LogP contribution is -2.49. The Hall–Kier alpha value is -2.11. The highest BCUT2D eigenvalue weighted by molar-refractivity contribution is 5.39. The molecular weight excluding hydrogens is 302 g/mol. The second-order valence-corrected chi connectivity index (χ2v) is 6.20. The average molecular weight is 327 g/mol. The van der Waals surface area contributed by atoms with Crippen molar-refractivity contribution >= 4 is 5.82 Å². The van der Waals surface area contributed by atoms with Crippen LogP contribution in [0.1, 0.15) is 5.69 Å². The van der Waals surface area contributed by atoms with Gasteiger partial charge in [-0.25, -0.2) is 4.98 Å². The summed E-state index contributed by atoms with van der Waals surface area (Å²) in [6.45, 7) is 6.70. The van der Waals surface area contributed by atoms with Gasteiger partial charge in [0.15, 0.2) is 0 Å². The van der Waals surface area contributed by atoms with Crippen molar-refractivity contribution in [3.05, 3.63) is 54.2 Å². The molecule has 0 radical (unpaired) electrons. The fraction of sp³-hybridized carbons (Fsp3) is 0.421. The summed E-state index contributed by atoms with van der Waals surface area (Å²) >= 11 is 0. The zero-order chi connectivity index (χ0) is 16.8. The molecule has 5 nitrogen and oxygen atoms in total. The molecule has 1 aromatic carbocycles. The van der Waals surface area contributed by atoms with Crippen molar-refractivity contribution in [2.24, 2.45) is 0 Å². The number of para-hydroxylation sites is 1. The van der Waals surface area contributed by atoms with E-state index < -0.39 is 6.10 Å². The molecule has 1 aliphatic rings. The molecule has 1 aromatic heterocycles. The quantitative estimate of drug-likeness (QED) is 0.879. The van der Waals surface area contributed by atoms with Crippen molar-refractivity contribution in [2.45, 2.75) is 13.0 Å². The number of nitrogens with zero attached hydrogens (tertiary/aromatic N) is 3. The molecule has 24 heavy (non-hydrogen) atoms. The predicted molar refractivity (Wildman–Crippen MR) is 95.6 cm³/mol. The molecule has 5 heteroatoms. The van der Waals surface area contributed by atoms with Crippen molar-refractivity contribution in [1.29, 1.82) is 0 Å². The van der Waals surface area contributed by atoms with E-state index >= 15 is 0 Å². The molecule has 1 aliphatic heterocycles. The van der Waals surface area contributed by atoms with Crippen LogP contribution in [-0.2, 0) is 0 Å². The molecule has 0 saturated carbocycles. The SMILES string of the molecule is Cc1cccc(N2CCN(CC(O)COc3ccccc3)CC2)n1. The Labute approximate surface area is 143 Å². The highest BCUT2D eigenvalue weighted by Crippen LogP contribution is 2.14. The summed E-state index contributed by atoms with van der Waals surface area (Å²) in [7, 11) is 0. The van der Waals surface area contributed by atoms with Gasteiger partial charge >= 0.3 is 0 Å². The maximum Gasteiger partial charge on any atom is 0.128 e. The van der Waals surface area contributed by atoms with Gasteiger partial charge < -0.3 is 14.7 Å². The first-order chi connectivity index (χ1) is 11.7. The van der Waals surface area contributed by atoms with Crippen molar-refractivity contribution in [1.82, 2.24) is 9.88 Å². The van der Waals surface area contributed by atoms with Crippen molar-refractivity contribution in [3.8, 4) is 5.75 Å². The van der Waals surface area contributed by atoms with Gasteiger partial charge in [-0.1, -0.05) is 24.3 Å². The van der Waals surface area contributed by atoms with Crippen LogP contribution in [-0.4, -0.2) is 60.4 Å². The van der Waals surface area contributed by atoms with E-state index in [4.69, 9.17) is 4.74 Å². The lowest BCUT2D eigenvalue weighted by atomic mass is 10.2. The third-order valence-corrected chi connectivity index (χ3v) is 4.22. The Kier molecular flexibility index (Phi) is 5.67. The van der Waals surface area contributed by atoms with E-state index in [2.05, 4.69) is 26.9 Å². The predicted octanol–water partition coefficient (Wildman–Crippen LogP) is 1.95. The van der Waals surface area contributed by atoms with Crippen LogP contribution < -0.4 is 9.64 Å². The smallest absolute Gasteiger partial charge is 0.128 e. The van der Waals surface area contributed by atoms with E-state index in [1.807, 2.05) is 43.3 Å². The Morgan fingerprint density at radius 2 is 1.79 bits per heavy atom. The van der Waals surface area contributed by atoms with Crippen LogP contribution in [0.5, 0.6) is 5.75 Å². The molecule has 0 bridgehead atoms. The summed E-state index contributed by atoms with van der Waals surface area (Å²) in [4.78, 5) is 9.17. The molecule has 1 saturated heterocycles. The molecule has 1 atom stereocenters. The molecule has 2 heterocycles. The standard InChI is InChI=1S/C19H25N3O2/c1-16-6-5-9-19(20-16)22-12-10-21(11-13-22)14-17(23)15-24-18-7-3-2-4-8-18/h2-9,17,23H,10-15H2,1H3. The third-order valence-electron chi connectivity index (χ3n) is 4.22. The highest BCUT2D eigenvalue weighted by Gasteiger charge is 2.20. The maximum atomic E-state index is 10.2. The number of hydrogen-bond acceptors (Lipinski definition) is 5. The number of aromatic nitrogens is 1. The number of aryl methyl sites for hydroxylation is 1. The number of hydrogen-bond donors (Lipinski definition) is 1. The number of aliphatic hydroxyl groups excluding tert-OH is 1. The summed E-state index contributed by atoms with van der Waals surface area (Å²) < 4.78 is 5.62. The lowest BCUT2D eigenvalue weighted by Gasteiger charge is -2.36. The second kappa shape index (κ2) is 8.13. The Morgan fingerprint density at radius 3 is 2.50 bits per heavy atom. The number of pyridine rings is 1. The van der Waals surface area contributed by atoms with Gasteiger partial charge in [0.2, 0.25) is 0 Å². The van der Waals surface area contributed by atoms with E-state index in [0.717, 1.165) is 43.4 Å². The van der Waals surface area contributed by atoms with Gasteiger partial charge in [0.05, 0.1) is 0 Å². The van der Waals surface area contributed by atoms with E-state index in [0.29, 0.717) is 13.2 Å². The zero-order valence-electron chi connectivity index (χ0n) is 14.1. The summed E-state index contributed by atoms with van der Waals surface area (Å²) in [5.74, 6) is 1.84. The third kappa shape index (κ3) is 4.69. The number of ether oxygens (including phenoxy) is 1. The van der Waals surface area contributed by atoms with Gasteiger partial charge in [0.1, 0.15) is 24.3 Å². The van der Waals surface area contributed by atoms with Crippen LogP contribution in [0.3, 0.4) is 0 Å². The molecule has 1 fully saturated rings. The zero-order valence-corrected chi connectivity index (χ0v) is 14.1. The minimum atomic E-state index is -0.478. The molecule has 1 unspecified atom stereocenters. The number of anilines is 1. The normalized spacial score (nSPS) is 16.8. The largest absolute Gasteiger partial charge is 0.491 e. The molecule has 3 rings (SSSR count). The van der Waals surface area contributed by atoms with E-state index in [1.54, 1.807) is 0 Å². The number of piperazine rings is 1. The molecule has 0 amide bonds. The molecule has 0 spiro atoms. The van der Waals surface area contributed by atoms with E-state index in [-0.39, 0.29) is 0 Å². The van der Waals surface area contributed by atoms with Gasteiger partial charge in [-0.05, 0) is 31.2 Å². The summed E-state index contributed by atoms with van der Waals surface area (Å²) in [5, 5.41) is 10.2. The molecule has 128 valence electrons. The molecule has 0 aliphatic carbocycles. The highest BCUT2D eigenvalue weighted by atomic mass is 16.5. The van der Waals surface area contributed by atoms with Gasteiger partial charge in [-0.15, -0.1) is 0 Å². The maximum absolute atomic E-state index is 10.2. The first-order valence-corrected chi connectivity index (χ1v) is 8.47. The topological polar surface area (TPSA) is 48.8 Å². The van der Waals surface area contributed by atoms with Crippen LogP contribution >= 0.6 is 0 Å². The van der Waals surface area contributed by atoms with Crippen LogP contribution in [0.25, 0.3) is 0 Å². The van der Waals surface area contributed by atoms with Crippen LogP contribution in [0.15, 0.2) is 48.5 Å². The van der Waals surface area contributed by atoms with Gasteiger partial charge in [0, 0.05) is 38.4 Å². The Bertz CT molecular complexity index is 628. The Morgan fingerprint density at radius 1 is 1.04 bits per heavy atom. The second-order valence-electron chi connectivity index (χ2n) is 6.20. The lowest BCUT2D eigenvalue weighted by molar-refractivity contribution is 0.0662. The number of aliphatic hydroxyl groups is 1. The average Bonchev–Trinajstić information content (AvgIpc) is 2.61. The molecule has 1 N–H and O–H groups in total. The van der Waals surface area contributed by atoms with Gasteiger partial charge in [-0.2, -0.15) is 0 Å². The van der Waals surface area contributed by atoms with Crippen LogP contribution in [0, 0.1) is 6.92 Å².